The highest BCUT2D eigenvalue weighted by Gasteiger charge is 2.14. The topological polar surface area (TPSA) is 53.9 Å². The van der Waals surface area contributed by atoms with Gasteiger partial charge in [-0.1, -0.05) is 24.3 Å². The summed E-state index contributed by atoms with van der Waals surface area (Å²) < 4.78 is 0. The summed E-state index contributed by atoms with van der Waals surface area (Å²) in [5, 5.41) is 4.41. The lowest BCUT2D eigenvalue weighted by atomic mass is 9.99. The minimum absolute atomic E-state index is 0.607. The molecule has 29 heavy (non-hydrogen) atoms. The third-order valence-corrected chi connectivity index (χ3v) is 5.61. The minimum atomic E-state index is 0.607. The van der Waals surface area contributed by atoms with Gasteiger partial charge in [0.2, 0.25) is 5.95 Å². The van der Waals surface area contributed by atoms with Gasteiger partial charge in [0.15, 0.2) is 0 Å². The molecule has 1 aliphatic heterocycles. The zero-order valence-electron chi connectivity index (χ0n) is 16.7. The second kappa shape index (κ2) is 7.26. The van der Waals surface area contributed by atoms with E-state index in [4.69, 9.17) is 4.98 Å². The molecule has 0 radical (unpaired) electrons. The van der Waals surface area contributed by atoms with Crippen LogP contribution in [0.15, 0.2) is 61.1 Å². The molecular formula is C24H23N5. The number of para-hydroxylation sites is 1. The molecule has 0 amide bonds. The lowest BCUT2D eigenvalue weighted by Crippen LogP contribution is -2.26. The summed E-state index contributed by atoms with van der Waals surface area (Å²) in [6, 6.07) is 14.8. The van der Waals surface area contributed by atoms with E-state index in [0.29, 0.717) is 5.95 Å². The van der Waals surface area contributed by atoms with E-state index in [1.807, 2.05) is 36.8 Å². The molecular weight excluding hydrogens is 358 g/mol. The molecule has 0 aliphatic carbocycles. The Balaban J connectivity index is 1.53. The molecule has 0 spiro atoms. The Morgan fingerprint density at radius 3 is 2.83 bits per heavy atom. The Bertz CT molecular complexity index is 1200. The zero-order valence-corrected chi connectivity index (χ0v) is 16.7. The summed E-state index contributed by atoms with van der Waals surface area (Å²) >= 11 is 0. The van der Waals surface area contributed by atoms with Crippen LogP contribution in [-0.2, 0) is 13.0 Å². The highest BCUT2D eigenvalue weighted by molar-refractivity contribution is 5.94. The first-order valence-electron chi connectivity index (χ1n) is 9.91. The summed E-state index contributed by atoms with van der Waals surface area (Å²) in [4.78, 5) is 16.0. The number of rotatable bonds is 3. The maximum Gasteiger partial charge on any atom is 0.227 e. The fourth-order valence-corrected chi connectivity index (χ4v) is 3.98. The standard InChI is InChI=1S/C24H23N5/c1-16-8-10-25-14-22(16)21-5-3-4-18-13-26-24(28-23(18)21)27-20-7-6-17-9-11-29(2)15-19(17)12-20/h3-8,10,12-14H,9,11,15H2,1-2H3,(H,26,27,28). The Kier molecular flexibility index (Phi) is 4.45. The molecule has 1 aliphatic rings. The van der Waals surface area contributed by atoms with Crippen molar-refractivity contribution in [3.05, 3.63) is 77.7 Å². The zero-order chi connectivity index (χ0) is 19.8. The average molecular weight is 381 g/mol. The predicted molar refractivity (Wildman–Crippen MR) is 117 cm³/mol. The molecule has 4 aromatic rings. The number of benzene rings is 2. The van der Waals surface area contributed by atoms with E-state index in [-0.39, 0.29) is 0 Å². The highest BCUT2D eigenvalue weighted by Crippen LogP contribution is 2.30. The van der Waals surface area contributed by atoms with Gasteiger partial charge in [-0.25, -0.2) is 9.97 Å². The number of anilines is 2. The van der Waals surface area contributed by atoms with Crippen molar-refractivity contribution < 1.29 is 0 Å². The third-order valence-electron chi connectivity index (χ3n) is 5.61. The van der Waals surface area contributed by atoms with Gasteiger partial charge >= 0.3 is 0 Å². The molecule has 0 saturated carbocycles. The van der Waals surface area contributed by atoms with Crippen molar-refractivity contribution in [1.29, 1.82) is 0 Å². The van der Waals surface area contributed by atoms with Gasteiger partial charge in [-0.2, -0.15) is 0 Å². The molecule has 0 saturated heterocycles. The van der Waals surface area contributed by atoms with Crippen molar-refractivity contribution in [2.45, 2.75) is 19.9 Å². The van der Waals surface area contributed by atoms with Gasteiger partial charge in [0.05, 0.1) is 5.52 Å². The van der Waals surface area contributed by atoms with Crippen LogP contribution in [0.3, 0.4) is 0 Å². The number of hydrogen-bond acceptors (Lipinski definition) is 5. The Morgan fingerprint density at radius 1 is 1.00 bits per heavy atom. The van der Waals surface area contributed by atoms with E-state index in [2.05, 4.69) is 58.4 Å². The highest BCUT2D eigenvalue weighted by atomic mass is 15.1. The van der Waals surface area contributed by atoms with Crippen molar-refractivity contribution in [2.75, 3.05) is 18.9 Å². The Morgan fingerprint density at radius 2 is 1.93 bits per heavy atom. The van der Waals surface area contributed by atoms with Crippen molar-refractivity contribution in [1.82, 2.24) is 19.9 Å². The molecule has 1 N–H and O–H groups in total. The van der Waals surface area contributed by atoms with E-state index in [0.717, 1.165) is 47.2 Å². The lowest BCUT2D eigenvalue weighted by Gasteiger charge is -2.25. The van der Waals surface area contributed by atoms with Crippen LogP contribution in [0, 0.1) is 6.92 Å². The summed E-state index contributed by atoms with van der Waals surface area (Å²) in [5.41, 5.74) is 8.11. The summed E-state index contributed by atoms with van der Waals surface area (Å²) in [5.74, 6) is 0.607. The van der Waals surface area contributed by atoms with Crippen molar-refractivity contribution in [2.24, 2.45) is 0 Å². The molecule has 5 rings (SSSR count). The van der Waals surface area contributed by atoms with E-state index >= 15 is 0 Å². The molecule has 0 bridgehead atoms. The summed E-state index contributed by atoms with van der Waals surface area (Å²) in [7, 11) is 2.16. The van der Waals surface area contributed by atoms with Gasteiger partial charge in [-0.15, -0.1) is 0 Å². The van der Waals surface area contributed by atoms with E-state index in [1.165, 1.54) is 16.7 Å². The quantitative estimate of drug-likeness (QED) is 0.556. The fourth-order valence-electron chi connectivity index (χ4n) is 3.98. The van der Waals surface area contributed by atoms with Crippen molar-refractivity contribution in [3.63, 3.8) is 0 Å². The first-order valence-corrected chi connectivity index (χ1v) is 9.91. The van der Waals surface area contributed by atoms with Crippen LogP contribution in [0.25, 0.3) is 22.0 Å². The largest absolute Gasteiger partial charge is 0.324 e. The van der Waals surface area contributed by atoms with Gasteiger partial charge in [0.25, 0.3) is 0 Å². The number of aryl methyl sites for hydroxylation is 1. The SMILES string of the molecule is Cc1ccncc1-c1cccc2cnc(Nc3ccc4c(c3)CN(C)CC4)nc12. The van der Waals surface area contributed by atoms with Crippen molar-refractivity contribution in [3.8, 4) is 11.1 Å². The van der Waals surface area contributed by atoms with E-state index in [9.17, 15) is 0 Å². The number of likely N-dealkylation sites (N-methyl/N-ethyl adjacent to an activating group) is 1. The number of aromatic nitrogens is 3. The number of nitrogens with zero attached hydrogens (tertiary/aromatic N) is 4. The Hall–Kier alpha value is -3.31. The normalized spacial score (nSPS) is 14.0. The first kappa shape index (κ1) is 17.8. The van der Waals surface area contributed by atoms with Gasteiger partial charge < -0.3 is 10.2 Å². The van der Waals surface area contributed by atoms with Crippen LogP contribution in [0.5, 0.6) is 0 Å². The number of fused-ring (bicyclic) bond motifs is 2. The number of nitrogens with one attached hydrogen (secondary N) is 1. The average Bonchev–Trinajstić information content (AvgIpc) is 2.73. The molecule has 3 heterocycles. The van der Waals surface area contributed by atoms with Crippen LogP contribution in [-0.4, -0.2) is 33.4 Å². The molecule has 144 valence electrons. The molecule has 5 heteroatoms. The number of pyridine rings is 1. The fraction of sp³-hybridized carbons (Fsp3) is 0.208. The van der Waals surface area contributed by atoms with Crippen LogP contribution < -0.4 is 5.32 Å². The second-order valence-corrected chi connectivity index (χ2v) is 7.72. The lowest BCUT2D eigenvalue weighted by molar-refractivity contribution is 0.313. The monoisotopic (exact) mass is 381 g/mol. The minimum Gasteiger partial charge on any atom is -0.324 e. The molecule has 5 nitrogen and oxygen atoms in total. The molecule has 0 unspecified atom stereocenters. The van der Waals surface area contributed by atoms with Gasteiger partial charge in [0.1, 0.15) is 0 Å². The molecule has 0 atom stereocenters. The van der Waals surface area contributed by atoms with Crippen molar-refractivity contribution >= 4 is 22.5 Å². The first-order chi connectivity index (χ1) is 14.2. The number of hydrogen-bond donors (Lipinski definition) is 1. The summed E-state index contributed by atoms with van der Waals surface area (Å²) in [6.45, 7) is 4.19. The van der Waals surface area contributed by atoms with Crippen LogP contribution in [0.2, 0.25) is 0 Å². The smallest absolute Gasteiger partial charge is 0.227 e. The van der Waals surface area contributed by atoms with E-state index in [1.54, 1.807) is 0 Å². The third kappa shape index (κ3) is 3.45. The van der Waals surface area contributed by atoms with Crippen LogP contribution >= 0.6 is 0 Å². The van der Waals surface area contributed by atoms with Crippen LogP contribution in [0.4, 0.5) is 11.6 Å². The maximum atomic E-state index is 4.85. The van der Waals surface area contributed by atoms with Gasteiger partial charge in [0, 0.05) is 53.9 Å². The summed E-state index contributed by atoms with van der Waals surface area (Å²) in [6.07, 6.45) is 6.71. The van der Waals surface area contributed by atoms with Crippen LogP contribution in [0.1, 0.15) is 16.7 Å². The second-order valence-electron chi connectivity index (χ2n) is 7.72. The molecule has 2 aromatic heterocycles. The van der Waals surface area contributed by atoms with E-state index < -0.39 is 0 Å². The molecule has 2 aromatic carbocycles. The predicted octanol–water partition coefficient (Wildman–Crippen LogP) is 4.73. The van der Waals surface area contributed by atoms with Gasteiger partial charge in [-0.05, 0) is 55.3 Å². The maximum absolute atomic E-state index is 4.85. The molecule has 0 fully saturated rings. The Labute approximate surface area is 170 Å². The van der Waals surface area contributed by atoms with Gasteiger partial charge in [-0.3, -0.25) is 4.98 Å².